The summed E-state index contributed by atoms with van der Waals surface area (Å²) in [5, 5.41) is 3.39. The molecule has 20 heavy (non-hydrogen) atoms. The van der Waals surface area contributed by atoms with Crippen molar-refractivity contribution in [1.82, 2.24) is 10.2 Å². The van der Waals surface area contributed by atoms with Gasteiger partial charge in [0.1, 0.15) is 0 Å². The molecule has 3 unspecified atom stereocenters. The van der Waals surface area contributed by atoms with Crippen molar-refractivity contribution < 1.29 is 0 Å². The number of rotatable bonds is 3. The minimum atomic E-state index is 0.589. The number of likely N-dealkylation sites (tertiary alicyclic amines) is 1. The summed E-state index contributed by atoms with van der Waals surface area (Å²) >= 11 is 0. The number of hydrogen-bond donors (Lipinski definition) is 1. The summed E-state index contributed by atoms with van der Waals surface area (Å²) in [7, 11) is 2.11. The molecule has 5 fully saturated rings. The highest BCUT2D eigenvalue weighted by Crippen LogP contribution is 2.68. The Bertz CT molecular complexity index is 386. The molecule has 4 bridgehead atoms. The zero-order valence-corrected chi connectivity index (χ0v) is 13.7. The fourth-order valence-electron chi connectivity index (χ4n) is 7.46. The van der Waals surface area contributed by atoms with Gasteiger partial charge < -0.3 is 5.32 Å². The van der Waals surface area contributed by atoms with Crippen LogP contribution in [0.25, 0.3) is 0 Å². The molecule has 5 aliphatic rings. The van der Waals surface area contributed by atoms with E-state index in [1.807, 2.05) is 0 Å². The zero-order valence-electron chi connectivity index (χ0n) is 13.7. The Morgan fingerprint density at radius 2 is 1.75 bits per heavy atom. The van der Waals surface area contributed by atoms with Gasteiger partial charge in [0.15, 0.2) is 0 Å². The first-order chi connectivity index (χ1) is 9.44. The lowest BCUT2D eigenvalue weighted by Crippen LogP contribution is -2.64. The van der Waals surface area contributed by atoms with Crippen LogP contribution in [0.1, 0.15) is 58.8 Å². The summed E-state index contributed by atoms with van der Waals surface area (Å²) < 4.78 is 0. The van der Waals surface area contributed by atoms with Crippen LogP contribution in [-0.4, -0.2) is 37.1 Å². The second-order valence-corrected chi connectivity index (χ2v) is 9.51. The molecule has 3 atom stereocenters. The van der Waals surface area contributed by atoms with E-state index in [1.165, 1.54) is 64.6 Å². The highest BCUT2D eigenvalue weighted by atomic mass is 15.2. The van der Waals surface area contributed by atoms with Crippen molar-refractivity contribution in [1.29, 1.82) is 0 Å². The topological polar surface area (TPSA) is 15.3 Å². The molecule has 0 radical (unpaired) electrons. The van der Waals surface area contributed by atoms with Gasteiger partial charge >= 0.3 is 0 Å². The number of hydrogen-bond acceptors (Lipinski definition) is 2. The molecule has 2 heteroatoms. The third-order valence-corrected chi connectivity index (χ3v) is 7.05. The van der Waals surface area contributed by atoms with Crippen molar-refractivity contribution in [2.45, 2.75) is 64.3 Å². The van der Waals surface area contributed by atoms with E-state index in [2.05, 4.69) is 31.1 Å². The molecule has 5 rings (SSSR count). The Morgan fingerprint density at radius 3 is 2.35 bits per heavy atom. The third kappa shape index (κ3) is 1.98. The van der Waals surface area contributed by atoms with Gasteiger partial charge in [0.05, 0.1) is 0 Å². The first-order valence-electron chi connectivity index (χ1n) is 8.84. The molecule has 1 heterocycles. The maximum atomic E-state index is 3.39. The molecular formula is C18H32N2. The van der Waals surface area contributed by atoms with Crippen LogP contribution >= 0.6 is 0 Å². The number of nitrogens with zero attached hydrogens (tertiary/aromatic N) is 1. The average Bonchev–Trinajstić information content (AvgIpc) is 2.73. The van der Waals surface area contributed by atoms with Crippen molar-refractivity contribution in [2.24, 2.45) is 22.7 Å². The van der Waals surface area contributed by atoms with E-state index < -0.39 is 0 Å². The van der Waals surface area contributed by atoms with E-state index in [4.69, 9.17) is 0 Å². The summed E-state index contributed by atoms with van der Waals surface area (Å²) in [4.78, 5) is 2.94. The fraction of sp³-hybridized carbons (Fsp3) is 1.00. The van der Waals surface area contributed by atoms with Gasteiger partial charge in [-0.25, -0.2) is 0 Å². The van der Waals surface area contributed by atoms with Gasteiger partial charge in [-0.1, -0.05) is 13.8 Å². The molecule has 0 spiro atoms. The molecule has 1 N–H and O–H groups in total. The highest BCUT2D eigenvalue weighted by Gasteiger charge is 2.62. The van der Waals surface area contributed by atoms with Crippen molar-refractivity contribution >= 4 is 0 Å². The smallest absolute Gasteiger partial charge is 0.0222 e. The molecule has 0 aromatic heterocycles. The van der Waals surface area contributed by atoms with Gasteiger partial charge in [0.25, 0.3) is 0 Å². The maximum Gasteiger partial charge on any atom is 0.0222 e. The fourth-order valence-corrected chi connectivity index (χ4v) is 7.46. The van der Waals surface area contributed by atoms with Crippen LogP contribution in [0.15, 0.2) is 0 Å². The highest BCUT2D eigenvalue weighted by molar-refractivity contribution is 5.15. The summed E-state index contributed by atoms with van der Waals surface area (Å²) in [5.41, 5.74) is 1.91. The lowest BCUT2D eigenvalue weighted by atomic mass is 9.42. The quantitative estimate of drug-likeness (QED) is 0.851. The van der Waals surface area contributed by atoms with E-state index in [1.54, 1.807) is 0 Å². The maximum absolute atomic E-state index is 3.39. The molecule has 2 nitrogen and oxygen atoms in total. The van der Waals surface area contributed by atoms with Crippen LogP contribution in [-0.2, 0) is 0 Å². The molecule has 4 aliphatic carbocycles. The summed E-state index contributed by atoms with van der Waals surface area (Å²) in [6.45, 7) is 9.15. The van der Waals surface area contributed by atoms with Gasteiger partial charge in [0.2, 0.25) is 0 Å². The molecule has 114 valence electrons. The van der Waals surface area contributed by atoms with Crippen LogP contribution in [0.3, 0.4) is 0 Å². The van der Waals surface area contributed by atoms with Gasteiger partial charge in [-0.15, -0.1) is 0 Å². The van der Waals surface area contributed by atoms with Crippen LogP contribution < -0.4 is 5.32 Å². The van der Waals surface area contributed by atoms with Gasteiger partial charge in [-0.3, -0.25) is 4.90 Å². The van der Waals surface area contributed by atoms with E-state index in [0.717, 1.165) is 11.8 Å². The van der Waals surface area contributed by atoms with Crippen LogP contribution in [0.5, 0.6) is 0 Å². The molecular weight excluding hydrogens is 244 g/mol. The largest absolute Gasteiger partial charge is 0.319 e. The normalized spacial score (nSPS) is 54.8. The predicted octanol–water partition coefficient (Wildman–Crippen LogP) is 3.28. The lowest BCUT2D eigenvalue weighted by molar-refractivity contribution is -0.157. The first-order valence-corrected chi connectivity index (χ1v) is 8.84. The Hall–Kier alpha value is -0.0800. The molecule has 0 aromatic rings. The molecule has 1 aliphatic heterocycles. The first kappa shape index (κ1) is 13.6. The van der Waals surface area contributed by atoms with Crippen LogP contribution in [0, 0.1) is 22.7 Å². The Labute approximate surface area is 124 Å². The SMILES string of the molecule is CNCC1CCN(C23CC4CC(C)(CC(C)(C4)C2)C3)C1. The van der Waals surface area contributed by atoms with Gasteiger partial charge in [0, 0.05) is 12.1 Å². The minimum absolute atomic E-state index is 0.589. The van der Waals surface area contributed by atoms with Crippen LogP contribution in [0.4, 0.5) is 0 Å². The summed E-state index contributed by atoms with van der Waals surface area (Å²) in [6, 6.07) is 0. The minimum Gasteiger partial charge on any atom is -0.319 e. The standard InChI is InChI=1S/C18H32N2/c1-16-6-15-7-17(2,11-16)13-18(8-15,12-16)20-5-4-14(10-20)9-19-3/h14-15,19H,4-13H2,1-3H3. The van der Waals surface area contributed by atoms with E-state index in [-0.39, 0.29) is 0 Å². The molecule has 1 saturated heterocycles. The zero-order chi connectivity index (χ0) is 14.0. The van der Waals surface area contributed by atoms with Gasteiger partial charge in [-0.05, 0) is 87.7 Å². The van der Waals surface area contributed by atoms with Gasteiger partial charge in [-0.2, -0.15) is 0 Å². The Kier molecular flexibility index (Phi) is 2.87. The van der Waals surface area contributed by atoms with Crippen molar-refractivity contribution in [3.05, 3.63) is 0 Å². The van der Waals surface area contributed by atoms with Crippen molar-refractivity contribution in [3.63, 3.8) is 0 Å². The lowest BCUT2D eigenvalue weighted by Gasteiger charge is -2.67. The summed E-state index contributed by atoms with van der Waals surface area (Å²) in [5.74, 6) is 1.93. The summed E-state index contributed by atoms with van der Waals surface area (Å²) in [6.07, 6.45) is 10.5. The Morgan fingerprint density at radius 1 is 1.05 bits per heavy atom. The number of nitrogens with one attached hydrogen (secondary N) is 1. The average molecular weight is 276 g/mol. The second-order valence-electron chi connectivity index (χ2n) is 9.51. The molecule has 4 saturated carbocycles. The van der Waals surface area contributed by atoms with E-state index in [9.17, 15) is 0 Å². The Balaban J connectivity index is 1.58. The molecule has 0 aromatic carbocycles. The van der Waals surface area contributed by atoms with Crippen LogP contribution in [0.2, 0.25) is 0 Å². The van der Waals surface area contributed by atoms with E-state index in [0.29, 0.717) is 16.4 Å². The van der Waals surface area contributed by atoms with Crippen molar-refractivity contribution in [3.8, 4) is 0 Å². The van der Waals surface area contributed by atoms with E-state index >= 15 is 0 Å². The monoisotopic (exact) mass is 276 g/mol. The predicted molar refractivity (Wildman–Crippen MR) is 83.7 cm³/mol. The molecule has 0 amide bonds. The third-order valence-electron chi connectivity index (χ3n) is 7.05. The van der Waals surface area contributed by atoms with Crippen molar-refractivity contribution in [2.75, 3.05) is 26.7 Å². The second kappa shape index (κ2) is 4.23.